The third kappa shape index (κ3) is 2.72. The second-order valence-electron chi connectivity index (χ2n) is 4.64. The van der Waals surface area contributed by atoms with Crippen LogP contribution in [0.3, 0.4) is 0 Å². The molecule has 0 aliphatic carbocycles. The van der Waals surface area contributed by atoms with E-state index in [2.05, 4.69) is 47.5 Å². The monoisotopic (exact) mass is 264 g/mol. The van der Waals surface area contributed by atoms with Crippen LogP contribution in [0.4, 0.5) is 5.95 Å². The SMILES string of the molecule is CCc1cnc(C(C)Nc2nccn2C(C)C)s1. The molecule has 18 heavy (non-hydrogen) atoms. The van der Waals surface area contributed by atoms with Crippen LogP contribution in [0.15, 0.2) is 18.6 Å². The molecule has 0 spiro atoms. The van der Waals surface area contributed by atoms with Crippen molar-refractivity contribution in [2.75, 3.05) is 5.32 Å². The molecule has 0 radical (unpaired) electrons. The number of imidazole rings is 1. The topological polar surface area (TPSA) is 42.7 Å². The van der Waals surface area contributed by atoms with Gasteiger partial charge in [0.1, 0.15) is 5.01 Å². The maximum atomic E-state index is 4.46. The number of aryl methyl sites for hydroxylation is 1. The molecule has 5 heteroatoms. The van der Waals surface area contributed by atoms with Crippen LogP contribution in [-0.2, 0) is 6.42 Å². The number of anilines is 1. The van der Waals surface area contributed by atoms with E-state index in [1.807, 2.05) is 18.6 Å². The van der Waals surface area contributed by atoms with Crippen molar-refractivity contribution in [3.05, 3.63) is 28.5 Å². The lowest BCUT2D eigenvalue weighted by atomic mass is 10.3. The van der Waals surface area contributed by atoms with E-state index < -0.39 is 0 Å². The van der Waals surface area contributed by atoms with E-state index in [9.17, 15) is 0 Å². The fourth-order valence-corrected chi connectivity index (χ4v) is 2.64. The van der Waals surface area contributed by atoms with Gasteiger partial charge in [-0.1, -0.05) is 6.92 Å². The molecular weight excluding hydrogens is 244 g/mol. The largest absolute Gasteiger partial charge is 0.347 e. The molecule has 2 aromatic heterocycles. The maximum absolute atomic E-state index is 4.46. The van der Waals surface area contributed by atoms with Crippen LogP contribution in [0, 0.1) is 0 Å². The van der Waals surface area contributed by atoms with Crippen LogP contribution in [0.5, 0.6) is 0 Å². The summed E-state index contributed by atoms with van der Waals surface area (Å²) in [5.41, 5.74) is 0. The number of rotatable bonds is 5. The minimum Gasteiger partial charge on any atom is -0.347 e. The second-order valence-corrected chi connectivity index (χ2v) is 5.78. The highest BCUT2D eigenvalue weighted by Crippen LogP contribution is 2.24. The van der Waals surface area contributed by atoms with Crippen molar-refractivity contribution in [2.45, 2.75) is 46.2 Å². The molecule has 0 fully saturated rings. The summed E-state index contributed by atoms with van der Waals surface area (Å²) in [5.74, 6) is 0.908. The van der Waals surface area contributed by atoms with Gasteiger partial charge >= 0.3 is 0 Å². The van der Waals surface area contributed by atoms with Gasteiger partial charge in [-0.25, -0.2) is 9.97 Å². The Balaban J connectivity index is 2.11. The van der Waals surface area contributed by atoms with Crippen molar-refractivity contribution < 1.29 is 0 Å². The standard InChI is InChI=1S/C13H20N4S/c1-5-11-8-15-12(18-11)10(4)16-13-14-6-7-17(13)9(2)3/h6-10H,5H2,1-4H3,(H,14,16). The van der Waals surface area contributed by atoms with Crippen LogP contribution in [0.1, 0.15) is 49.7 Å². The summed E-state index contributed by atoms with van der Waals surface area (Å²) < 4.78 is 2.13. The molecule has 2 rings (SSSR count). The molecule has 0 aromatic carbocycles. The van der Waals surface area contributed by atoms with Gasteiger partial charge < -0.3 is 9.88 Å². The summed E-state index contributed by atoms with van der Waals surface area (Å²) in [4.78, 5) is 10.1. The molecular formula is C13H20N4S. The first kappa shape index (κ1) is 13.1. The predicted molar refractivity (Wildman–Crippen MR) is 76.1 cm³/mol. The first-order valence-corrected chi connectivity index (χ1v) is 7.17. The third-order valence-electron chi connectivity index (χ3n) is 2.86. The number of aromatic nitrogens is 3. The molecule has 0 bridgehead atoms. The van der Waals surface area contributed by atoms with Gasteiger partial charge in [-0.15, -0.1) is 11.3 Å². The van der Waals surface area contributed by atoms with Gasteiger partial charge in [-0.2, -0.15) is 0 Å². The fourth-order valence-electron chi connectivity index (χ4n) is 1.78. The van der Waals surface area contributed by atoms with Crippen molar-refractivity contribution in [1.29, 1.82) is 0 Å². The lowest BCUT2D eigenvalue weighted by molar-refractivity contribution is 0.600. The first-order chi connectivity index (χ1) is 8.61. The summed E-state index contributed by atoms with van der Waals surface area (Å²) in [7, 11) is 0. The zero-order chi connectivity index (χ0) is 13.1. The molecule has 2 aromatic rings. The lowest BCUT2D eigenvalue weighted by Gasteiger charge is -2.16. The normalized spacial score (nSPS) is 12.9. The van der Waals surface area contributed by atoms with Crippen LogP contribution >= 0.6 is 11.3 Å². The quantitative estimate of drug-likeness (QED) is 0.896. The van der Waals surface area contributed by atoms with Crippen LogP contribution in [-0.4, -0.2) is 14.5 Å². The lowest BCUT2D eigenvalue weighted by Crippen LogP contribution is -2.12. The zero-order valence-electron chi connectivity index (χ0n) is 11.3. The Morgan fingerprint density at radius 3 is 2.72 bits per heavy atom. The number of thiazole rings is 1. The van der Waals surface area contributed by atoms with Gasteiger partial charge in [0, 0.05) is 29.5 Å². The highest BCUT2D eigenvalue weighted by Gasteiger charge is 2.13. The van der Waals surface area contributed by atoms with Gasteiger partial charge in [-0.05, 0) is 27.2 Å². The molecule has 2 heterocycles. The summed E-state index contributed by atoms with van der Waals surface area (Å²) in [5, 5.41) is 4.54. The molecule has 1 atom stereocenters. The van der Waals surface area contributed by atoms with Crippen molar-refractivity contribution >= 4 is 17.3 Å². The highest BCUT2D eigenvalue weighted by molar-refractivity contribution is 7.11. The summed E-state index contributed by atoms with van der Waals surface area (Å²) in [6.45, 7) is 8.57. The smallest absolute Gasteiger partial charge is 0.203 e. The maximum Gasteiger partial charge on any atom is 0.203 e. The number of nitrogens with one attached hydrogen (secondary N) is 1. The first-order valence-electron chi connectivity index (χ1n) is 6.35. The predicted octanol–water partition coefficient (Wildman–Crippen LogP) is 3.66. The fraction of sp³-hybridized carbons (Fsp3) is 0.538. The number of hydrogen-bond donors (Lipinski definition) is 1. The molecule has 1 N–H and O–H groups in total. The van der Waals surface area contributed by atoms with Gasteiger partial charge in [0.05, 0.1) is 6.04 Å². The number of hydrogen-bond acceptors (Lipinski definition) is 4. The van der Waals surface area contributed by atoms with E-state index in [1.165, 1.54) is 4.88 Å². The minimum atomic E-state index is 0.190. The Labute approximate surface area is 112 Å². The Hall–Kier alpha value is -1.36. The van der Waals surface area contributed by atoms with E-state index >= 15 is 0 Å². The van der Waals surface area contributed by atoms with E-state index in [-0.39, 0.29) is 6.04 Å². The van der Waals surface area contributed by atoms with Crippen molar-refractivity contribution in [3.8, 4) is 0 Å². The van der Waals surface area contributed by atoms with Crippen LogP contribution < -0.4 is 5.32 Å². The van der Waals surface area contributed by atoms with Crippen molar-refractivity contribution in [3.63, 3.8) is 0 Å². The Kier molecular flexibility index (Phi) is 4.01. The molecule has 1 unspecified atom stereocenters. The van der Waals surface area contributed by atoms with E-state index in [1.54, 1.807) is 11.3 Å². The summed E-state index contributed by atoms with van der Waals surface area (Å²) in [6, 6.07) is 0.597. The minimum absolute atomic E-state index is 0.190. The Morgan fingerprint density at radius 2 is 2.11 bits per heavy atom. The molecule has 4 nitrogen and oxygen atoms in total. The average molecular weight is 264 g/mol. The Bertz CT molecular complexity index is 501. The molecule has 0 saturated heterocycles. The van der Waals surface area contributed by atoms with E-state index in [0.717, 1.165) is 17.4 Å². The second kappa shape index (κ2) is 5.52. The zero-order valence-corrected chi connectivity index (χ0v) is 12.2. The third-order valence-corrected chi connectivity index (χ3v) is 4.19. The number of nitrogens with zero attached hydrogens (tertiary/aromatic N) is 3. The van der Waals surface area contributed by atoms with Crippen molar-refractivity contribution in [2.24, 2.45) is 0 Å². The van der Waals surface area contributed by atoms with Crippen LogP contribution in [0.2, 0.25) is 0 Å². The average Bonchev–Trinajstić information content (AvgIpc) is 2.96. The molecule has 0 aliphatic rings. The van der Waals surface area contributed by atoms with Gasteiger partial charge in [0.15, 0.2) is 0 Å². The molecule has 0 amide bonds. The Morgan fingerprint density at radius 1 is 1.33 bits per heavy atom. The van der Waals surface area contributed by atoms with Gasteiger partial charge in [0.25, 0.3) is 0 Å². The molecule has 0 aliphatic heterocycles. The van der Waals surface area contributed by atoms with Gasteiger partial charge in [-0.3, -0.25) is 0 Å². The van der Waals surface area contributed by atoms with E-state index in [0.29, 0.717) is 6.04 Å². The van der Waals surface area contributed by atoms with Gasteiger partial charge in [0.2, 0.25) is 5.95 Å². The highest BCUT2D eigenvalue weighted by atomic mass is 32.1. The summed E-state index contributed by atoms with van der Waals surface area (Å²) in [6.07, 6.45) is 6.84. The van der Waals surface area contributed by atoms with Crippen molar-refractivity contribution in [1.82, 2.24) is 14.5 Å². The molecule has 98 valence electrons. The summed E-state index contributed by atoms with van der Waals surface area (Å²) >= 11 is 1.77. The van der Waals surface area contributed by atoms with E-state index in [4.69, 9.17) is 0 Å². The molecule has 0 saturated carbocycles. The van der Waals surface area contributed by atoms with Crippen LogP contribution in [0.25, 0.3) is 0 Å².